The van der Waals surface area contributed by atoms with Crippen LogP contribution in [0, 0.1) is 6.92 Å². The number of ketones is 3. The topological polar surface area (TPSA) is 214 Å². The number of benzene rings is 2. The first kappa shape index (κ1) is 33.4. The van der Waals surface area contributed by atoms with Gasteiger partial charge in [0, 0.05) is 38.4 Å². The van der Waals surface area contributed by atoms with E-state index in [0.29, 0.717) is 0 Å². The predicted molar refractivity (Wildman–Crippen MR) is 154 cm³/mol. The lowest BCUT2D eigenvalue weighted by atomic mass is 9.60. The Kier molecular flexibility index (Phi) is 8.49. The molecule has 248 valence electrons. The van der Waals surface area contributed by atoms with Crippen LogP contribution in [-0.2, 0) is 33.2 Å². The zero-order valence-corrected chi connectivity index (χ0v) is 26.0. The molecule has 0 unspecified atom stereocenters. The van der Waals surface area contributed by atoms with E-state index in [-0.39, 0.29) is 27.6 Å². The second kappa shape index (κ2) is 11.7. The van der Waals surface area contributed by atoms with E-state index in [1.54, 1.807) is 6.92 Å². The van der Waals surface area contributed by atoms with Gasteiger partial charge in [0.15, 0.2) is 6.10 Å². The molecule has 4 N–H and O–H groups in total. The normalized spacial score (nSPS) is 32.5. The summed E-state index contributed by atoms with van der Waals surface area (Å²) in [6.07, 6.45) is -6.47. The maximum atomic E-state index is 14.1. The molecular weight excluding hydrogens is 612 g/mol. The first-order valence-corrected chi connectivity index (χ1v) is 14.0. The fourth-order valence-electron chi connectivity index (χ4n) is 6.75. The SMILES string of the molecule is COC(=O)c1c(O[C@@H]2O[C@@H](C)[C@H](OC)[C@@H](OC)[C@H]2O)cc2cc3c(c(O)c2c1C)C(=O)[C@]1(OC)C(=O)C=C(OC)[C@@H](O)[C@]1(O)C3=O. The van der Waals surface area contributed by atoms with Crippen LogP contribution in [0.5, 0.6) is 11.5 Å². The number of esters is 1. The van der Waals surface area contributed by atoms with Crippen molar-refractivity contribution in [3.8, 4) is 11.5 Å². The minimum atomic E-state index is -3.19. The Morgan fingerprint density at radius 1 is 0.978 bits per heavy atom. The molecule has 0 aromatic heterocycles. The molecule has 0 bridgehead atoms. The van der Waals surface area contributed by atoms with Crippen molar-refractivity contribution in [1.29, 1.82) is 0 Å². The van der Waals surface area contributed by atoms with Crippen LogP contribution in [0.2, 0.25) is 0 Å². The molecule has 3 aliphatic rings. The summed E-state index contributed by atoms with van der Waals surface area (Å²) in [7, 11) is 5.88. The number of hydrogen-bond acceptors (Lipinski definition) is 15. The summed E-state index contributed by atoms with van der Waals surface area (Å²) in [4.78, 5) is 54.5. The van der Waals surface area contributed by atoms with Crippen LogP contribution in [0.15, 0.2) is 24.0 Å². The summed E-state index contributed by atoms with van der Waals surface area (Å²) in [5.74, 6) is -6.26. The van der Waals surface area contributed by atoms with Crippen molar-refractivity contribution >= 4 is 34.1 Å². The quantitative estimate of drug-likeness (QED) is 0.232. The molecular formula is C31H34O15. The number of aliphatic hydroxyl groups excluding tert-OH is 2. The van der Waals surface area contributed by atoms with Gasteiger partial charge >= 0.3 is 5.97 Å². The van der Waals surface area contributed by atoms with Gasteiger partial charge in [0.2, 0.25) is 34.8 Å². The average Bonchev–Trinajstić information content (AvgIpc) is 3.02. The van der Waals surface area contributed by atoms with Crippen LogP contribution in [0.1, 0.15) is 43.6 Å². The van der Waals surface area contributed by atoms with Gasteiger partial charge in [-0.25, -0.2) is 4.79 Å². The lowest BCUT2D eigenvalue weighted by molar-refractivity contribution is -0.277. The van der Waals surface area contributed by atoms with Gasteiger partial charge in [-0.2, -0.15) is 0 Å². The van der Waals surface area contributed by atoms with E-state index < -0.39 is 94.0 Å². The van der Waals surface area contributed by atoms with E-state index >= 15 is 0 Å². The van der Waals surface area contributed by atoms with Gasteiger partial charge in [0.1, 0.15) is 41.1 Å². The third kappa shape index (κ3) is 4.24. The van der Waals surface area contributed by atoms with Gasteiger partial charge in [-0.15, -0.1) is 0 Å². The van der Waals surface area contributed by atoms with E-state index in [9.17, 15) is 39.6 Å². The summed E-state index contributed by atoms with van der Waals surface area (Å²) >= 11 is 0. The predicted octanol–water partition coefficient (Wildman–Crippen LogP) is 0.124. The molecule has 2 aromatic rings. The van der Waals surface area contributed by atoms with Gasteiger partial charge in [-0.05, 0) is 36.9 Å². The van der Waals surface area contributed by atoms with E-state index in [1.807, 2.05) is 0 Å². The Morgan fingerprint density at radius 2 is 1.63 bits per heavy atom. The maximum Gasteiger partial charge on any atom is 0.341 e. The van der Waals surface area contributed by atoms with Crippen LogP contribution in [0.25, 0.3) is 10.8 Å². The number of methoxy groups -OCH3 is 5. The molecule has 46 heavy (non-hydrogen) atoms. The largest absolute Gasteiger partial charge is 0.507 e. The van der Waals surface area contributed by atoms with E-state index in [2.05, 4.69) is 0 Å². The lowest BCUT2D eigenvalue weighted by Crippen LogP contribution is -2.77. The van der Waals surface area contributed by atoms with Crippen molar-refractivity contribution in [2.45, 2.75) is 61.9 Å². The van der Waals surface area contributed by atoms with E-state index in [4.69, 9.17) is 33.2 Å². The Labute approximate surface area is 262 Å². The molecule has 2 aliphatic carbocycles. The van der Waals surface area contributed by atoms with Crippen LogP contribution in [-0.4, -0.2) is 127 Å². The second-order valence-corrected chi connectivity index (χ2v) is 11.2. The van der Waals surface area contributed by atoms with Gasteiger partial charge < -0.3 is 53.6 Å². The zero-order chi connectivity index (χ0) is 34.0. The molecule has 15 nitrogen and oxygen atoms in total. The minimum Gasteiger partial charge on any atom is -0.507 e. The number of fused-ring (bicyclic) bond motifs is 3. The molecule has 1 aliphatic heterocycles. The van der Waals surface area contributed by atoms with Crippen molar-refractivity contribution in [1.82, 2.24) is 0 Å². The van der Waals surface area contributed by atoms with Crippen molar-refractivity contribution in [2.24, 2.45) is 0 Å². The number of aliphatic hydroxyl groups is 3. The number of ether oxygens (including phenoxy) is 7. The number of phenolic OH excluding ortho intramolecular Hbond substituents is 1. The molecule has 0 radical (unpaired) electrons. The summed E-state index contributed by atoms with van der Waals surface area (Å²) in [6, 6.07) is 2.37. The fourth-order valence-corrected chi connectivity index (χ4v) is 6.75. The second-order valence-electron chi connectivity index (χ2n) is 11.2. The van der Waals surface area contributed by atoms with Crippen molar-refractivity contribution in [3.05, 3.63) is 46.2 Å². The number of carbonyl (C=O) groups excluding carboxylic acids is 4. The van der Waals surface area contributed by atoms with Gasteiger partial charge in [-0.1, -0.05) is 0 Å². The Hall–Kier alpha value is -3.96. The number of rotatable bonds is 7. The molecule has 15 heteroatoms. The molecule has 1 fully saturated rings. The maximum absolute atomic E-state index is 14.1. The highest BCUT2D eigenvalue weighted by Crippen LogP contribution is 2.50. The number of carbonyl (C=O) groups is 4. The van der Waals surface area contributed by atoms with Gasteiger partial charge in [0.05, 0.1) is 25.9 Å². The Bertz CT molecular complexity index is 1680. The van der Waals surface area contributed by atoms with Crippen molar-refractivity contribution in [3.63, 3.8) is 0 Å². The first-order valence-electron chi connectivity index (χ1n) is 14.0. The Morgan fingerprint density at radius 3 is 2.20 bits per heavy atom. The monoisotopic (exact) mass is 646 g/mol. The number of phenols is 1. The first-order chi connectivity index (χ1) is 21.7. The smallest absolute Gasteiger partial charge is 0.341 e. The summed E-state index contributed by atoms with van der Waals surface area (Å²) < 4.78 is 37.9. The lowest BCUT2D eigenvalue weighted by Gasteiger charge is -2.49. The van der Waals surface area contributed by atoms with Crippen molar-refractivity contribution < 1.29 is 72.8 Å². The molecule has 0 spiro atoms. The number of aryl methyl sites for hydroxylation is 1. The number of Topliss-reactive ketones (excluding diaryl/α,β-unsaturated/α-hetero) is 2. The number of aromatic hydroxyl groups is 1. The van der Waals surface area contributed by atoms with Crippen LogP contribution < -0.4 is 4.74 Å². The van der Waals surface area contributed by atoms with Crippen molar-refractivity contribution in [2.75, 3.05) is 35.5 Å². The highest BCUT2D eigenvalue weighted by Gasteiger charge is 2.74. The molecule has 1 heterocycles. The van der Waals surface area contributed by atoms with E-state index in [0.717, 1.165) is 33.5 Å². The molecule has 0 saturated carbocycles. The highest BCUT2D eigenvalue weighted by atomic mass is 16.7. The summed E-state index contributed by atoms with van der Waals surface area (Å²) in [5, 5.41) is 45.3. The fraction of sp³-hybridized carbons (Fsp3) is 0.484. The van der Waals surface area contributed by atoms with Crippen LogP contribution in [0.3, 0.4) is 0 Å². The van der Waals surface area contributed by atoms with Crippen LogP contribution in [0.4, 0.5) is 0 Å². The summed E-state index contributed by atoms with van der Waals surface area (Å²) in [5.41, 5.74) is -7.60. The van der Waals surface area contributed by atoms with Gasteiger partial charge in [-0.3, -0.25) is 14.4 Å². The molecule has 1 saturated heterocycles. The minimum absolute atomic E-state index is 0.0279. The Balaban J connectivity index is 1.75. The molecule has 8 atom stereocenters. The standard InChI is InChI=1S/C31H34O15/c1-11-18-13(9-15(19(11)28(38)43-6)46-29-22(34)24(42-5)23(41-4)12(2)45-29)8-14-20(21(18)33)27(37)31(44-7)17(32)10-16(40-3)26(36)30(31,39)25(14)35/h8-10,12,22-24,26,29,33-34,36,39H,1-7H3/t12-,22+,23-,24-,26+,29-,30+,31+/m0/s1. The van der Waals surface area contributed by atoms with E-state index in [1.165, 1.54) is 27.2 Å². The molecule has 5 rings (SSSR count). The third-order valence-corrected chi connectivity index (χ3v) is 9.04. The average molecular weight is 647 g/mol. The highest BCUT2D eigenvalue weighted by molar-refractivity contribution is 6.35. The zero-order valence-electron chi connectivity index (χ0n) is 26.0. The third-order valence-electron chi connectivity index (χ3n) is 9.04. The van der Waals surface area contributed by atoms with Crippen LogP contribution >= 0.6 is 0 Å². The summed E-state index contributed by atoms with van der Waals surface area (Å²) in [6.45, 7) is 3.08. The molecule has 2 aromatic carbocycles. The molecule has 0 amide bonds. The number of hydrogen-bond donors (Lipinski definition) is 4. The van der Waals surface area contributed by atoms with Gasteiger partial charge in [0.25, 0.3) is 0 Å².